The van der Waals surface area contributed by atoms with Gasteiger partial charge in [0.1, 0.15) is 5.75 Å². The lowest BCUT2D eigenvalue weighted by Crippen LogP contribution is -2.31. The molecule has 0 fully saturated rings. The van der Waals surface area contributed by atoms with Gasteiger partial charge in [-0.3, -0.25) is 0 Å². The number of benzene rings is 1. The second-order valence-electron chi connectivity index (χ2n) is 4.33. The molecule has 1 heterocycles. The fourth-order valence-electron chi connectivity index (χ4n) is 2.01. The SMILES string of the molecule is CC(CCCl)NCC1COc2ccccc21. The van der Waals surface area contributed by atoms with Crippen LogP contribution in [0.25, 0.3) is 0 Å². The average Bonchev–Trinajstić information content (AvgIpc) is 2.70. The second-order valence-corrected chi connectivity index (χ2v) is 4.71. The molecule has 1 aliphatic rings. The van der Waals surface area contributed by atoms with Crippen molar-refractivity contribution in [3.8, 4) is 5.75 Å². The maximum absolute atomic E-state index is 5.71. The molecule has 1 aromatic rings. The van der Waals surface area contributed by atoms with Crippen molar-refractivity contribution in [1.29, 1.82) is 0 Å². The third-order valence-electron chi connectivity index (χ3n) is 3.05. The molecule has 0 saturated carbocycles. The molecule has 2 unspecified atom stereocenters. The Morgan fingerprint density at radius 2 is 2.31 bits per heavy atom. The maximum Gasteiger partial charge on any atom is 0.122 e. The summed E-state index contributed by atoms with van der Waals surface area (Å²) in [5.41, 5.74) is 1.33. The predicted molar refractivity (Wildman–Crippen MR) is 67.5 cm³/mol. The van der Waals surface area contributed by atoms with E-state index in [1.807, 2.05) is 12.1 Å². The van der Waals surface area contributed by atoms with Gasteiger partial charge in [0.05, 0.1) is 6.61 Å². The first-order valence-corrected chi connectivity index (χ1v) is 6.35. The van der Waals surface area contributed by atoms with Crippen molar-refractivity contribution in [1.82, 2.24) is 5.32 Å². The molecule has 1 N–H and O–H groups in total. The van der Waals surface area contributed by atoms with Gasteiger partial charge in [-0.2, -0.15) is 0 Å². The number of ether oxygens (including phenoxy) is 1. The highest BCUT2D eigenvalue weighted by molar-refractivity contribution is 6.17. The van der Waals surface area contributed by atoms with E-state index in [-0.39, 0.29) is 0 Å². The molecule has 16 heavy (non-hydrogen) atoms. The summed E-state index contributed by atoms with van der Waals surface area (Å²) in [6, 6.07) is 8.76. The lowest BCUT2D eigenvalue weighted by molar-refractivity contribution is 0.322. The number of halogens is 1. The normalized spacial score (nSPS) is 20.2. The zero-order valence-corrected chi connectivity index (χ0v) is 10.3. The summed E-state index contributed by atoms with van der Waals surface area (Å²) in [7, 11) is 0. The molecule has 2 nitrogen and oxygen atoms in total. The number of hydrogen-bond donors (Lipinski definition) is 1. The molecule has 1 aliphatic heterocycles. The molecule has 0 aliphatic carbocycles. The van der Waals surface area contributed by atoms with Crippen LogP contribution < -0.4 is 10.1 Å². The Morgan fingerprint density at radius 1 is 1.50 bits per heavy atom. The second kappa shape index (κ2) is 5.55. The van der Waals surface area contributed by atoms with Crippen molar-refractivity contribution < 1.29 is 4.74 Å². The Labute approximate surface area is 102 Å². The van der Waals surface area contributed by atoms with Crippen LogP contribution in [-0.4, -0.2) is 25.1 Å². The van der Waals surface area contributed by atoms with E-state index < -0.39 is 0 Å². The number of fused-ring (bicyclic) bond motifs is 1. The van der Waals surface area contributed by atoms with Crippen molar-refractivity contribution in [2.24, 2.45) is 0 Å². The zero-order valence-electron chi connectivity index (χ0n) is 9.58. The van der Waals surface area contributed by atoms with Gasteiger partial charge in [-0.15, -0.1) is 11.6 Å². The van der Waals surface area contributed by atoms with E-state index in [2.05, 4.69) is 24.4 Å². The molecule has 88 valence electrons. The third-order valence-corrected chi connectivity index (χ3v) is 3.27. The summed E-state index contributed by atoms with van der Waals surface area (Å²) in [6.45, 7) is 3.93. The Morgan fingerprint density at radius 3 is 3.12 bits per heavy atom. The van der Waals surface area contributed by atoms with Crippen LogP contribution in [0.15, 0.2) is 24.3 Å². The average molecular weight is 240 g/mol. The standard InChI is InChI=1S/C13H18ClNO/c1-10(6-7-14)15-8-11-9-16-13-5-3-2-4-12(11)13/h2-5,10-11,15H,6-9H2,1H3. The monoisotopic (exact) mass is 239 g/mol. The van der Waals surface area contributed by atoms with Crippen LogP contribution in [0, 0.1) is 0 Å². The molecule has 0 spiro atoms. The minimum absolute atomic E-state index is 0.477. The molecule has 1 aromatic carbocycles. The first kappa shape index (κ1) is 11.7. The quantitative estimate of drug-likeness (QED) is 0.798. The Bertz CT molecular complexity index is 342. The molecule has 2 rings (SSSR count). The number of alkyl halides is 1. The highest BCUT2D eigenvalue weighted by Gasteiger charge is 2.23. The van der Waals surface area contributed by atoms with Crippen molar-refractivity contribution in [2.45, 2.75) is 25.3 Å². The number of nitrogens with one attached hydrogen (secondary N) is 1. The number of hydrogen-bond acceptors (Lipinski definition) is 2. The van der Waals surface area contributed by atoms with Crippen LogP contribution in [0.2, 0.25) is 0 Å². The van der Waals surface area contributed by atoms with Gasteiger partial charge in [-0.05, 0) is 19.4 Å². The minimum Gasteiger partial charge on any atom is -0.493 e. The topological polar surface area (TPSA) is 21.3 Å². The van der Waals surface area contributed by atoms with Crippen molar-refractivity contribution in [3.63, 3.8) is 0 Å². The fourth-order valence-corrected chi connectivity index (χ4v) is 2.33. The highest BCUT2D eigenvalue weighted by atomic mass is 35.5. The van der Waals surface area contributed by atoms with Crippen LogP contribution >= 0.6 is 11.6 Å². The fraction of sp³-hybridized carbons (Fsp3) is 0.538. The van der Waals surface area contributed by atoms with Crippen molar-refractivity contribution in [3.05, 3.63) is 29.8 Å². The summed E-state index contributed by atoms with van der Waals surface area (Å²) in [5.74, 6) is 2.24. The minimum atomic E-state index is 0.477. The van der Waals surface area contributed by atoms with Gasteiger partial charge in [0.15, 0.2) is 0 Å². The van der Waals surface area contributed by atoms with Crippen molar-refractivity contribution >= 4 is 11.6 Å². The van der Waals surface area contributed by atoms with E-state index in [4.69, 9.17) is 16.3 Å². The van der Waals surface area contributed by atoms with Gasteiger partial charge in [-0.25, -0.2) is 0 Å². The molecular weight excluding hydrogens is 222 g/mol. The number of rotatable bonds is 5. The zero-order chi connectivity index (χ0) is 11.4. The lowest BCUT2D eigenvalue weighted by atomic mass is 10.0. The Balaban J connectivity index is 1.88. The van der Waals surface area contributed by atoms with E-state index in [1.54, 1.807) is 0 Å². The van der Waals surface area contributed by atoms with E-state index in [9.17, 15) is 0 Å². The first-order valence-electron chi connectivity index (χ1n) is 5.82. The van der Waals surface area contributed by atoms with Gasteiger partial charge in [0, 0.05) is 29.9 Å². The Hall–Kier alpha value is -0.730. The van der Waals surface area contributed by atoms with E-state index in [1.165, 1.54) is 5.56 Å². The third kappa shape index (κ3) is 2.69. The molecule has 2 atom stereocenters. The van der Waals surface area contributed by atoms with Gasteiger partial charge in [0.25, 0.3) is 0 Å². The van der Waals surface area contributed by atoms with Gasteiger partial charge >= 0.3 is 0 Å². The predicted octanol–water partition coefficient (Wildman–Crippen LogP) is 2.77. The molecule has 0 radical (unpaired) electrons. The highest BCUT2D eigenvalue weighted by Crippen LogP contribution is 2.32. The molecule has 0 saturated heterocycles. The molecular formula is C13H18ClNO. The van der Waals surface area contributed by atoms with Crippen LogP contribution in [-0.2, 0) is 0 Å². The summed E-state index contributed by atoms with van der Waals surface area (Å²) >= 11 is 5.71. The molecule has 0 bridgehead atoms. The molecule has 3 heteroatoms. The van der Waals surface area contributed by atoms with Crippen LogP contribution in [0.4, 0.5) is 0 Å². The van der Waals surface area contributed by atoms with Gasteiger partial charge in [-0.1, -0.05) is 18.2 Å². The first-order chi connectivity index (χ1) is 7.81. The summed E-state index contributed by atoms with van der Waals surface area (Å²) < 4.78 is 5.64. The summed E-state index contributed by atoms with van der Waals surface area (Å²) in [5, 5.41) is 3.50. The van der Waals surface area contributed by atoms with Crippen LogP contribution in [0.1, 0.15) is 24.8 Å². The molecule has 0 amide bonds. The van der Waals surface area contributed by atoms with Crippen molar-refractivity contribution in [2.75, 3.05) is 19.0 Å². The number of para-hydroxylation sites is 1. The van der Waals surface area contributed by atoms with E-state index >= 15 is 0 Å². The largest absolute Gasteiger partial charge is 0.493 e. The van der Waals surface area contributed by atoms with E-state index in [0.29, 0.717) is 17.8 Å². The van der Waals surface area contributed by atoms with Crippen LogP contribution in [0.5, 0.6) is 5.75 Å². The van der Waals surface area contributed by atoms with Crippen LogP contribution in [0.3, 0.4) is 0 Å². The van der Waals surface area contributed by atoms with Gasteiger partial charge in [0.2, 0.25) is 0 Å². The maximum atomic E-state index is 5.71. The summed E-state index contributed by atoms with van der Waals surface area (Å²) in [4.78, 5) is 0. The summed E-state index contributed by atoms with van der Waals surface area (Å²) in [6.07, 6.45) is 1.01. The lowest BCUT2D eigenvalue weighted by Gasteiger charge is -2.15. The Kier molecular flexibility index (Phi) is 4.08. The van der Waals surface area contributed by atoms with Gasteiger partial charge < -0.3 is 10.1 Å². The van der Waals surface area contributed by atoms with E-state index in [0.717, 1.165) is 25.3 Å². The molecule has 0 aromatic heterocycles. The smallest absolute Gasteiger partial charge is 0.122 e.